The fourth-order valence-electron chi connectivity index (χ4n) is 0. The lowest BCUT2D eigenvalue weighted by Crippen LogP contribution is -2.14. The van der Waals surface area contributed by atoms with E-state index in [4.69, 9.17) is 16.7 Å². The standard InChI is InChI=1S/C3H6ClO2/c1-2-3(4,5)6/h5H,2H2,1H3/t3-/m1/s1. The summed E-state index contributed by atoms with van der Waals surface area (Å²) in [5, 5.41) is 15.6. The van der Waals surface area contributed by atoms with Gasteiger partial charge in [-0.05, 0) is 0 Å². The molecular formula is C3H6ClO2. The van der Waals surface area contributed by atoms with Crippen molar-refractivity contribution in [2.24, 2.45) is 0 Å². The maximum absolute atomic E-state index is 9.79. The fourth-order valence-corrected chi connectivity index (χ4v) is 0. The largest absolute Gasteiger partial charge is 0.351 e. The normalized spacial score (nSPS) is 12.0. The van der Waals surface area contributed by atoms with Gasteiger partial charge in [-0.1, -0.05) is 18.5 Å². The van der Waals surface area contributed by atoms with Gasteiger partial charge in [-0.25, -0.2) is 0 Å². The molecule has 0 heterocycles. The molecule has 6 heavy (non-hydrogen) atoms. The zero-order valence-corrected chi connectivity index (χ0v) is 4.20. The minimum Gasteiger partial charge on any atom is -0.351 e. The van der Waals surface area contributed by atoms with Crippen LogP contribution in [0, 0.1) is 0 Å². The summed E-state index contributed by atoms with van der Waals surface area (Å²) >= 11 is 4.72. The van der Waals surface area contributed by atoms with Gasteiger partial charge in [0, 0.05) is 6.42 Å². The molecule has 0 fully saturated rings. The van der Waals surface area contributed by atoms with Crippen molar-refractivity contribution in [3.05, 3.63) is 0 Å². The Morgan fingerprint density at radius 2 is 2.17 bits per heavy atom. The third kappa shape index (κ3) is 4.21. The third-order valence-corrected chi connectivity index (χ3v) is 0.703. The molecule has 0 saturated carbocycles. The van der Waals surface area contributed by atoms with E-state index in [1.165, 1.54) is 6.92 Å². The van der Waals surface area contributed by atoms with Crippen LogP contribution in [-0.2, 0) is 5.11 Å². The van der Waals surface area contributed by atoms with Crippen molar-refractivity contribution in [1.82, 2.24) is 0 Å². The Morgan fingerprint density at radius 3 is 2.17 bits per heavy atom. The van der Waals surface area contributed by atoms with E-state index < -0.39 is 5.25 Å². The van der Waals surface area contributed by atoms with Crippen molar-refractivity contribution < 1.29 is 10.2 Å². The second-order valence-electron chi connectivity index (χ2n) is 1.04. The molecule has 2 nitrogen and oxygen atoms in total. The van der Waals surface area contributed by atoms with E-state index in [1.54, 1.807) is 0 Å². The van der Waals surface area contributed by atoms with Crippen LogP contribution in [0.15, 0.2) is 0 Å². The summed E-state index contributed by atoms with van der Waals surface area (Å²) in [5.74, 6) is 0. The first kappa shape index (κ1) is 6.21. The predicted molar refractivity (Wildman–Crippen MR) is 21.8 cm³/mol. The van der Waals surface area contributed by atoms with Crippen molar-refractivity contribution in [3.63, 3.8) is 0 Å². The molecule has 0 spiro atoms. The lowest BCUT2D eigenvalue weighted by molar-refractivity contribution is -0.135. The van der Waals surface area contributed by atoms with E-state index in [1.807, 2.05) is 0 Å². The van der Waals surface area contributed by atoms with Crippen LogP contribution in [0.1, 0.15) is 13.3 Å². The summed E-state index contributed by atoms with van der Waals surface area (Å²) in [4.78, 5) is 0. The van der Waals surface area contributed by atoms with Crippen molar-refractivity contribution in [2.45, 2.75) is 18.6 Å². The maximum atomic E-state index is 9.79. The Kier molecular flexibility index (Phi) is 1.84. The number of halogens is 1. The molecule has 0 bridgehead atoms. The minimum atomic E-state index is -2.24. The van der Waals surface area contributed by atoms with E-state index in [0.717, 1.165) is 0 Å². The van der Waals surface area contributed by atoms with Crippen LogP contribution in [0.3, 0.4) is 0 Å². The molecule has 0 aliphatic carbocycles. The van der Waals surface area contributed by atoms with Gasteiger partial charge in [-0.2, -0.15) is 5.11 Å². The summed E-state index contributed by atoms with van der Waals surface area (Å²) in [5.41, 5.74) is 0. The van der Waals surface area contributed by atoms with Gasteiger partial charge in [-0.15, -0.1) is 0 Å². The van der Waals surface area contributed by atoms with Crippen LogP contribution in [0.4, 0.5) is 0 Å². The number of aliphatic hydroxyl groups is 1. The molecule has 3 heteroatoms. The van der Waals surface area contributed by atoms with E-state index in [2.05, 4.69) is 0 Å². The lowest BCUT2D eigenvalue weighted by Gasteiger charge is -2.02. The second-order valence-corrected chi connectivity index (χ2v) is 1.63. The highest BCUT2D eigenvalue weighted by molar-refractivity contribution is 6.21. The number of alkyl halides is 1. The Morgan fingerprint density at radius 1 is 2.00 bits per heavy atom. The molecule has 0 aromatic heterocycles. The Bertz CT molecular complexity index is 38.5. The molecule has 0 unspecified atom stereocenters. The molecule has 37 valence electrons. The number of rotatable bonds is 1. The molecule has 0 aromatic rings. The van der Waals surface area contributed by atoms with Gasteiger partial charge >= 0.3 is 0 Å². The molecule has 1 radical (unpaired) electrons. The topological polar surface area (TPSA) is 40.1 Å². The van der Waals surface area contributed by atoms with Gasteiger partial charge in [0.1, 0.15) is 0 Å². The van der Waals surface area contributed by atoms with Gasteiger partial charge in [0.2, 0.25) is 0 Å². The molecule has 0 aliphatic rings. The Hall–Kier alpha value is 0.210. The highest BCUT2D eigenvalue weighted by Crippen LogP contribution is 2.09. The van der Waals surface area contributed by atoms with Gasteiger partial charge in [0.25, 0.3) is 5.25 Å². The van der Waals surface area contributed by atoms with Crippen LogP contribution in [0.5, 0.6) is 0 Å². The Labute approximate surface area is 41.4 Å². The van der Waals surface area contributed by atoms with E-state index in [9.17, 15) is 5.11 Å². The highest BCUT2D eigenvalue weighted by atomic mass is 35.5. The molecule has 0 rings (SSSR count). The highest BCUT2D eigenvalue weighted by Gasteiger charge is 2.15. The zero-order chi connectivity index (χ0) is 5.21. The number of hydrogen-bond donors (Lipinski definition) is 1. The first-order valence-electron chi connectivity index (χ1n) is 1.68. The average Bonchev–Trinajstić information content (AvgIpc) is 1.35. The quantitative estimate of drug-likeness (QED) is 0.391. The first-order valence-corrected chi connectivity index (χ1v) is 2.06. The molecule has 0 amide bonds. The monoisotopic (exact) mass is 109 g/mol. The van der Waals surface area contributed by atoms with Crippen LogP contribution in [0.2, 0.25) is 0 Å². The molecule has 0 saturated heterocycles. The molecule has 0 aromatic carbocycles. The third-order valence-electron chi connectivity index (χ3n) is 0.436. The second kappa shape index (κ2) is 1.78. The summed E-state index contributed by atoms with van der Waals surface area (Å²) in [6, 6.07) is 0. The van der Waals surface area contributed by atoms with Crippen LogP contribution in [-0.4, -0.2) is 10.4 Å². The zero-order valence-electron chi connectivity index (χ0n) is 3.44. The molecular weight excluding hydrogens is 103 g/mol. The lowest BCUT2D eigenvalue weighted by atomic mass is 10.5. The molecule has 0 aliphatic heterocycles. The molecule has 1 atom stereocenters. The summed E-state index contributed by atoms with van der Waals surface area (Å²) < 4.78 is 0. The van der Waals surface area contributed by atoms with Gasteiger partial charge in [0.15, 0.2) is 0 Å². The first-order chi connectivity index (χ1) is 2.56. The summed E-state index contributed by atoms with van der Waals surface area (Å²) in [6.45, 7) is 1.51. The van der Waals surface area contributed by atoms with Crippen LogP contribution >= 0.6 is 11.6 Å². The SMILES string of the molecule is CC[C@]([O])(O)Cl. The van der Waals surface area contributed by atoms with Crippen molar-refractivity contribution in [3.8, 4) is 0 Å². The van der Waals surface area contributed by atoms with E-state index in [-0.39, 0.29) is 6.42 Å². The van der Waals surface area contributed by atoms with Gasteiger partial charge < -0.3 is 5.11 Å². The predicted octanol–water partition coefficient (Wildman–Crippen LogP) is 0.712. The summed E-state index contributed by atoms with van der Waals surface area (Å²) in [6.07, 6.45) is 0.0363. The van der Waals surface area contributed by atoms with Gasteiger partial charge in [0.05, 0.1) is 0 Å². The fraction of sp³-hybridized carbons (Fsp3) is 1.00. The van der Waals surface area contributed by atoms with Crippen molar-refractivity contribution in [2.75, 3.05) is 0 Å². The summed E-state index contributed by atoms with van der Waals surface area (Å²) in [7, 11) is 0. The average molecular weight is 110 g/mol. The maximum Gasteiger partial charge on any atom is 0.275 e. The molecule has 1 N–H and O–H groups in total. The van der Waals surface area contributed by atoms with Crippen LogP contribution in [0.25, 0.3) is 0 Å². The van der Waals surface area contributed by atoms with Gasteiger partial charge in [-0.3, -0.25) is 0 Å². The number of hydrogen-bond acceptors (Lipinski definition) is 1. The van der Waals surface area contributed by atoms with Crippen molar-refractivity contribution in [1.29, 1.82) is 0 Å². The minimum absolute atomic E-state index is 0.0363. The van der Waals surface area contributed by atoms with Crippen LogP contribution < -0.4 is 0 Å². The van der Waals surface area contributed by atoms with E-state index in [0.29, 0.717) is 0 Å². The van der Waals surface area contributed by atoms with E-state index >= 15 is 0 Å². The smallest absolute Gasteiger partial charge is 0.275 e. The Balaban J connectivity index is 3.17. The van der Waals surface area contributed by atoms with Crippen molar-refractivity contribution >= 4 is 11.6 Å².